The lowest BCUT2D eigenvalue weighted by Crippen LogP contribution is -2.43. The van der Waals surface area contributed by atoms with Crippen LogP contribution < -0.4 is 5.32 Å². The standard InChI is InChI=1S/C12H24N2O2/c1-3-14(9-6-12(15)16)10(2)11-4-7-13-8-5-11/h10-11,13H,3-9H2,1-2H3,(H,15,16). The molecule has 1 heterocycles. The van der Waals surface area contributed by atoms with Crippen LogP contribution in [0.2, 0.25) is 0 Å². The molecule has 1 aliphatic heterocycles. The number of nitrogens with one attached hydrogen (secondary N) is 1. The van der Waals surface area contributed by atoms with Crippen molar-refractivity contribution in [3.05, 3.63) is 0 Å². The van der Waals surface area contributed by atoms with E-state index in [1.165, 1.54) is 12.8 Å². The summed E-state index contributed by atoms with van der Waals surface area (Å²) < 4.78 is 0. The van der Waals surface area contributed by atoms with Crippen LogP contribution in [0.1, 0.15) is 33.1 Å². The molecule has 0 aromatic rings. The summed E-state index contributed by atoms with van der Waals surface area (Å²) in [7, 11) is 0. The molecule has 0 aromatic carbocycles. The predicted octanol–water partition coefficient (Wildman–Crippen LogP) is 1.17. The molecule has 4 heteroatoms. The van der Waals surface area contributed by atoms with Crippen molar-refractivity contribution in [2.24, 2.45) is 5.92 Å². The fraction of sp³-hybridized carbons (Fsp3) is 0.917. The molecule has 1 unspecified atom stereocenters. The van der Waals surface area contributed by atoms with E-state index < -0.39 is 5.97 Å². The molecule has 0 radical (unpaired) electrons. The van der Waals surface area contributed by atoms with E-state index >= 15 is 0 Å². The average Bonchev–Trinajstić information content (AvgIpc) is 2.30. The smallest absolute Gasteiger partial charge is 0.304 e. The number of carboxylic acids is 1. The van der Waals surface area contributed by atoms with Gasteiger partial charge in [-0.1, -0.05) is 6.92 Å². The Morgan fingerprint density at radius 1 is 1.50 bits per heavy atom. The topological polar surface area (TPSA) is 52.6 Å². The quantitative estimate of drug-likeness (QED) is 0.716. The minimum absolute atomic E-state index is 0.253. The lowest BCUT2D eigenvalue weighted by Gasteiger charge is -2.36. The Morgan fingerprint density at radius 3 is 2.62 bits per heavy atom. The van der Waals surface area contributed by atoms with Crippen molar-refractivity contribution in [3.63, 3.8) is 0 Å². The number of rotatable bonds is 6. The van der Waals surface area contributed by atoms with Crippen LogP contribution in [0.25, 0.3) is 0 Å². The SMILES string of the molecule is CCN(CCC(=O)O)C(C)C1CCNCC1. The van der Waals surface area contributed by atoms with Crippen molar-refractivity contribution < 1.29 is 9.90 Å². The van der Waals surface area contributed by atoms with Crippen molar-refractivity contribution >= 4 is 5.97 Å². The Hall–Kier alpha value is -0.610. The summed E-state index contributed by atoms with van der Waals surface area (Å²) in [6, 6.07) is 0.506. The maximum Gasteiger partial charge on any atom is 0.304 e. The van der Waals surface area contributed by atoms with Crippen LogP contribution in [0, 0.1) is 5.92 Å². The molecule has 0 aromatic heterocycles. The van der Waals surface area contributed by atoms with E-state index in [4.69, 9.17) is 5.11 Å². The van der Waals surface area contributed by atoms with E-state index in [-0.39, 0.29) is 6.42 Å². The van der Waals surface area contributed by atoms with Crippen LogP contribution in [-0.4, -0.2) is 48.2 Å². The molecule has 0 bridgehead atoms. The molecule has 1 aliphatic rings. The number of carboxylic acid groups (broad SMARTS) is 1. The maximum atomic E-state index is 10.6. The van der Waals surface area contributed by atoms with Gasteiger partial charge in [0, 0.05) is 12.6 Å². The molecule has 0 aliphatic carbocycles. The largest absolute Gasteiger partial charge is 0.481 e. The molecule has 1 saturated heterocycles. The number of hydrogen-bond acceptors (Lipinski definition) is 3. The zero-order chi connectivity index (χ0) is 12.0. The summed E-state index contributed by atoms with van der Waals surface area (Å²) in [4.78, 5) is 12.9. The summed E-state index contributed by atoms with van der Waals surface area (Å²) in [6.07, 6.45) is 2.68. The molecule has 0 amide bonds. The second-order valence-electron chi connectivity index (χ2n) is 4.60. The van der Waals surface area contributed by atoms with E-state index in [2.05, 4.69) is 24.1 Å². The van der Waals surface area contributed by atoms with Crippen LogP contribution in [-0.2, 0) is 4.79 Å². The van der Waals surface area contributed by atoms with Gasteiger partial charge in [0.2, 0.25) is 0 Å². The Bertz CT molecular complexity index is 215. The van der Waals surface area contributed by atoms with Gasteiger partial charge < -0.3 is 15.3 Å². The highest BCUT2D eigenvalue weighted by Gasteiger charge is 2.24. The van der Waals surface area contributed by atoms with Gasteiger partial charge in [0.1, 0.15) is 0 Å². The summed E-state index contributed by atoms with van der Waals surface area (Å²) in [5, 5.41) is 12.1. The third-order valence-corrected chi connectivity index (χ3v) is 3.66. The monoisotopic (exact) mass is 228 g/mol. The first-order valence-corrected chi connectivity index (χ1v) is 6.31. The number of aliphatic carboxylic acids is 1. The molecule has 16 heavy (non-hydrogen) atoms. The highest BCUT2D eigenvalue weighted by molar-refractivity contribution is 5.66. The summed E-state index contributed by atoms with van der Waals surface area (Å²) in [6.45, 7) is 8.17. The number of carbonyl (C=O) groups is 1. The van der Waals surface area contributed by atoms with Gasteiger partial charge in [0.25, 0.3) is 0 Å². The van der Waals surface area contributed by atoms with Crippen LogP contribution >= 0.6 is 0 Å². The van der Waals surface area contributed by atoms with Crippen molar-refractivity contribution in [1.29, 1.82) is 0 Å². The normalized spacial score (nSPS) is 19.9. The van der Waals surface area contributed by atoms with Gasteiger partial charge in [-0.2, -0.15) is 0 Å². The minimum atomic E-state index is -0.698. The summed E-state index contributed by atoms with van der Waals surface area (Å²) in [5.41, 5.74) is 0. The van der Waals surface area contributed by atoms with E-state index in [1.807, 2.05) is 0 Å². The summed E-state index contributed by atoms with van der Waals surface area (Å²) in [5.74, 6) is 0.0194. The highest BCUT2D eigenvalue weighted by atomic mass is 16.4. The Labute approximate surface area is 98.0 Å². The van der Waals surface area contributed by atoms with Gasteiger partial charge >= 0.3 is 5.97 Å². The molecule has 1 fully saturated rings. The third-order valence-electron chi connectivity index (χ3n) is 3.66. The van der Waals surface area contributed by atoms with E-state index in [9.17, 15) is 4.79 Å². The van der Waals surface area contributed by atoms with Gasteiger partial charge in [0.15, 0.2) is 0 Å². The Kier molecular flexibility index (Phi) is 5.77. The Morgan fingerprint density at radius 2 is 2.12 bits per heavy atom. The van der Waals surface area contributed by atoms with E-state index in [0.29, 0.717) is 12.6 Å². The van der Waals surface area contributed by atoms with Crippen molar-refractivity contribution in [1.82, 2.24) is 10.2 Å². The first kappa shape index (κ1) is 13.5. The van der Waals surface area contributed by atoms with E-state index in [0.717, 1.165) is 25.6 Å². The second-order valence-corrected chi connectivity index (χ2v) is 4.60. The second kappa shape index (κ2) is 6.86. The average molecular weight is 228 g/mol. The van der Waals surface area contributed by atoms with Crippen LogP contribution in [0.3, 0.4) is 0 Å². The number of nitrogens with zero attached hydrogens (tertiary/aromatic N) is 1. The fourth-order valence-electron chi connectivity index (χ4n) is 2.51. The van der Waals surface area contributed by atoms with Gasteiger partial charge in [0.05, 0.1) is 6.42 Å². The molecule has 0 saturated carbocycles. The highest BCUT2D eigenvalue weighted by Crippen LogP contribution is 2.20. The van der Waals surface area contributed by atoms with Gasteiger partial charge in [-0.15, -0.1) is 0 Å². The van der Waals surface area contributed by atoms with Crippen LogP contribution in [0.5, 0.6) is 0 Å². The van der Waals surface area contributed by atoms with E-state index in [1.54, 1.807) is 0 Å². The van der Waals surface area contributed by atoms with Crippen molar-refractivity contribution in [2.75, 3.05) is 26.2 Å². The first-order chi connectivity index (χ1) is 7.65. The summed E-state index contributed by atoms with van der Waals surface area (Å²) >= 11 is 0. The molecular formula is C12H24N2O2. The van der Waals surface area contributed by atoms with Crippen molar-refractivity contribution in [3.8, 4) is 0 Å². The molecule has 1 rings (SSSR count). The molecule has 2 N–H and O–H groups in total. The predicted molar refractivity (Wildman–Crippen MR) is 64.6 cm³/mol. The van der Waals surface area contributed by atoms with Crippen molar-refractivity contribution in [2.45, 2.75) is 39.2 Å². The molecular weight excluding hydrogens is 204 g/mol. The third kappa shape index (κ3) is 4.10. The van der Waals surface area contributed by atoms with Gasteiger partial charge in [-0.05, 0) is 45.3 Å². The van der Waals surface area contributed by atoms with Crippen LogP contribution in [0.15, 0.2) is 0 Å². The van der Waals surface area contributed by atoms with Gasteiger partial charge in [-0.25, -0.2) is 0 Å². The fourth-order valence-corrected chi connectivity index (χ4v) is 2.51. The zero-order valence-electron chi connectivity index (χ0n) is 10.4. The van der Waals surface area contributed by atoms with Gasteiger partial charge in [-0.3, -0.25) is 4.79 Å². The number of piperidine rings is 1. The van der Waals surface area contributed by atoms with Crippen LogP contribution in [0.4, 0.5) is 0 Å². The molecule has 94 valence electrons. The lowest BCUT2D eigenvalue weighted by atomic mass is 9.90. The molecule has 0 spiro atoms. The Balaban J connectivity index is 2.40. The lowest BCUT2D eigenvalue weighted by molar-refractivity contribution is -0.137. The number of hydrogen-bond donors (Lipinski definition) is 2. The minimum Gasteiger partial charge on any atom is -0.481 e. The maximum absolute atomic E-state index is 10.6. The molecule has 1 atom stereocenters. The first-order valence-electron chi connectivity index (χ1n) is 6.31. The zero-order valence-corrected chi connectivity index (χ0v) is 10.4. The molecule has 4 nitrogen and oxygen atoms in total.